The number of H-pyrrole nitrogens is 1. The first kappa shape index (κ1) is 17.7. The topological polar surface area (TPSA) is 74.8 Å². The van der Waals surface area contributed by atoms with Gasteiger partial charge >= 0.3 is 0 Å². The molecule has 1 aliphatic rings. The van der Waals surface area contributed by atoms with Crippen LogP contribution in [-0.2, 0) is 17.6 Å². The molecule has 3 rings (SSSR count). The quantitative estimate of drug-likeness (QED) is 0.650. The fraction of sp³-hybridized carbons (Fsp3) is 0.421. The van der Waals surface area contributed by atoms with Gasteiger partial charge in [-0.3, -0.25) is 9.59 Å². The summed E-state index contributed by atoms with van der Waals surface area (Å²) in [7, 11) is 0. The predicted octanol–water partition coefficient (Wildman–Crippen LogP) is 3.30. The van der Waals surface area contributed by atoms with Crippen molar-refractivity contribution in [3.8, 4) is 0 Å². The van der Waals surface area contributed by atoms with Crippen molar-refractivity contribution >= 4 is 23.4 Å². The first-order valence-electron chi connectivity index (χ1n) is 8.52. The maximum absolute atomic E-state index is 12.6. The molecule has 5 nitrogen and oxygen atoms in total. The van der Waals surface area contributed by atoms with E-state index in [-0.39, 0.29) is 16.7 Å². The first-order valence-corrected chi connectivity index (χ1v) is 9.40. The monoisotopic (exact) mass is 357 g/mol. The van der Waals surface area contributed by atoms with E-state index in [1.807, 2.05) is 27.7 Å². The van der Waals surface area contributed by atoms with Gasteiger partial charge in [0.05, 0.1) is 10.9 Å². The van der Waals surface area contributed by atoms with Crippen LogP contribution in [0.5, 0.6) is 0 Å². The Morgan fingerprint density at radius 2 is 1.92 bits per heavy atom. The molecule has 0 saturated heterocycles. The summed E-state index contributed by atoms with van der Waals surface area (Å²) in [5, 5.41) is 3.17. The predicted molar refractivity (Wildman–Crippen MR) is 101 cm³/mol. The van der Waals surface area contributed by atoms with E-state index in [1.54, 1.807) is 0 Å². The Morgan fingerprint density at radius 3 is 2.60 bits per heavy atom. The lowest BCUT2D eigenvalue weighted by molar-refractivity contribution is -0.115. The van der Waals surface area contributed by atoms with E-state index in [2.05, 4.69) is 27.4 Å². The standard InChI is InChI=1S/C19H23N3O2S/c1-10-8-11(2)16(12(3)9-10)21-17(23)13(4)25-19-20-15-7-5-6-14(15)18(24)22-19/h8-9,13H,5-7H2,1-4H3,(H,21,23)(H,20,22,24). The molecule has 0 radical (unpaired) electrons. The fourth-order valence-corrected chi connectivity index (χ4v) is 4.11. The molecule has 25 heavy (non-hydrogen) atoms. The molecule has 1 atom stereocenters. The Balaban J connectivity index is 1.74. The molecule has 1 aliphatic carbocycles. The van der Waals surface area contributed by atoms with Crippen LogP contribution in [0.4, 0.5) is 5.69 Å². The maximum atomic E-state index is 12.6. The molecule has 0 spiro atoms. The number of carbonyl (C=O) groups is 1. The minimum absolute atomic E-state index is 0.0668. The number of rotatable bonds is 4. The van der Waals surface area contributed by atoms with Gasteiger partial charge in [0.15, 0.2) is 5.16 Å². The number of aromatic amines is 1. The van der Waals surface area contributed by atoms with E-state index in [0.29, 0.717) is 5.16 Å². The number of hydrogen-bond acceptors (Lipinski definition) is 4. The van der Waals surface area contributed by atoms with Crippen LogP contribution >= 0.6 is 11.8 Å². The highest BCUT2D eigenvalue weighted by Gasteiger charge is 2.21. The van der Waals surface area contributed by atoms with Crippen LogP contribution in [-0.4, -0.2) is 21.1 Å². The minimum Gasteiger partial charge on any atom is -0.325 e. The third kappa shape index (κ3) is 3.79. The number of nitrogens with one attached hydrogen (secondary N) is 2. The van der Waals surface area contributed by atoms with Crippen molar-refractivity contribution in [2.75, 3.05) is 5.32 Å². The Kier molecular flexibility index (Phi) is 4.99. The maximum Gasteiger partial charge on any atom is 0.254 e. The lowest BCUT2D eigenvalue weighted by atomic mass is 10.1. The largest absolute Gasteiger partial charge is 0.325 e. The summed E-state index contributed by atoms with van der Waals surface area (Å²) in [4.78, 5) is 32.0. The molecule has 1 aromatic carbocycles. The summed E-state index contributed by atoms with van der Waals surface area (Å²) in [5.41, 5.74) is 5.74. The second kappa shape index (κ2) is 7.04. The summed E-state index contributed by atoms with van der Waals surface area (Å²) >= 11 is 1.29. The van der Waals surface area contributed by atoms with E-state index in [1.165, 1.54) is 17.3 Å². The number of hydrogen-bond donors (Lipinski definition) is 2. The van der Waals surface area contributed by atoms with Crippen LogP contribution in [0.3, 0.4) is 0 Å². The zero-order chi connectivity index (χ0) is 18.1. The average molecular weight is 357 g/mol. The fourth-order valence-electron chi connectivity index (χ4n) is 3.30. The van der Waals surface area contributed by atoms with E-state index in [9.17, 15) is 9.59 Å². The molecule has 2 N–H and O–H groups in total. The van der Waals surface area contributed by atoms with Gasteiger partial charge in [0, 0.05) is 11.3 Å². The molecular formula is C19H23N3O2S. The van der Waals surface area contributed by atoms with Gasteiger partial charge in [-0.1, -0.05) is 29.5 Å². The highest BCUT2D eigenvalue weighted by Crippen LogP contribution is 2.26. The Bertz CT molecular complexity index is 866. The van der Waals surface area contributed by atoms with Crippen molar-refractivity contribution in [3.63, 3.8) is 0 Å². The number of anilines is 1. The second-order valence-electron chi connectivity index (χ2n) is 6.67. The molecule has 1 unspecified atom stereocenters. The van der Waals surface area contributed by atoms with Crippen LogP contribution in [0, 0.1) is 20.8 Å². The molecular weight excluding hydrogens is 334 g/mol. The van der Waals surface area contributed by atoms with E-state index in [0.717, 1.165) is 47.3 Å². The number of nitrogens with zero attached hydrogens (tertiary/aromatic N) is 1. The van der Waals surface area contributed by atoms with Crippen LogP contribution in [0.25, 0.3) is 0 Å². The van der Waals surface area contributed by atoms with Gasteiger partial charge < -0.3 is 10.3 Å². The van der Waals surface area contributed by atoms with Gasteiger partial charge in [-0.2, -0.15) is 0 Å². The van der Waals surface area contributed by atoms with Gasteiger partial charge in [0.25, 0.3) is 5.56 Å². The number of benzene rings is 1. The molecule has 1 aromatic heterocycles. The number of amides is 1. The normalized spacial score (nSPS) is 14.2. The van der Waals surface area contributed by atoms with Crippen LogP contribution in [0.15, 0.2) is 22.1 Å². The van der Waals surface area contributed by atoms with Crippen molar-refractivity contribution in [1.29, 1.82) is 0 Å². The summed E-state index contributed by atoms with van der Waals surface area (Å²) in [6, 6.07) is 4.11. The van der Waals surface area contributed by atoms with Gasteiger partial charge in [0.1, 0.15) is 0 Å². The molecule has 0 aliphatic heterocycles. The van der Waals surface area contributed by atoms with Crippen LogP contribution in [0.2, 0.25) is 0 Å². The number of aromatic nitrogens is 2. The van der Waals surface area contributed by atoms with Gasteiger partial charge in [-0.05, 0) is 58.1 Å². The van der Waals surface area contributed by atoms with Gasteiger partial charge in [-0.25, -0.2) is 4.98 Å². The SMILES string of the molecule is Cc1cc(C)c(NC(=O)C(C)Sc2nc3c(c(=O)[nH]2)CCC3)c(C)c1. The summed E-state index contributed by atoms with van der Waals surface area (Å²) in [6.45, 7) is 7.85. The number of aryl methyl sites for hydroxylation is 4. The first-order chi connectivity index (χ1) is 11.8. The molecule has 0 fully saturated rings. The van der Waals surface area contributed by atoms with E-state index < -0.39 is 0 Å². The molecule has 0 saturated carbocycles. The highest BCUT2D eigenvalue weighted by atomic mass is 32.2. The lowest BCUT2D eigenvalue weighted by Crippen LogP contribution is -2.24. The zero-order valence-corrected chi connectivity index (χ0v) is 15.8. The molecule has 1 amide bonds. The Labute approximate surface area is 151 Å². The van der Waals surface area contributed by atoms with Crippen molar-refractivity contribution in [1.82, 2.24) is 9.97 Å². The van der Waals surface area contributed by atoms with Gasteiger partial charge in [-0.15, -0.1) is 0 Å². The van der Waals surface area contributed by atoms with Crippen molar-refractivity contribution in [2.24, 2.45) is 0 Å². The summed E-state index contributed by atoms with van der Waals surface area (Å²) in [5.74, 6) is -0.0943. The number of fused-ring (bicyclic) bond motifs is 1. The smallest absolute Gasteiger partial charge is 0.254 e. The average Bonchev–Trinajstić information content (AvgIpc) is 2.99. The number of carbonyl (C=O) groups excluding carboxylic acids is 1. The van der Waals surface area contributed by atoms with Crippen molar-refractivity contribution in [3.05, 3.63) is 50.4 Å². The third-order valence-electron chi connectivity index (χ3n) is 4.50. The lowest BCUT2D eigenvalue weighted by Gasteiger charge is -2.16. The van der Waals surface area contributed by atoms with Gasteiger partial charge in [0.2, 0.25) is 5.91 Å². The molecule has 0 bridgehead atoms. The molecule has 6 heteroatoms. The third-order valence-corrected chi connectivity index (χ3v) is 5.49. The van der Waals surface area contributed by atoms with Crippen molar-refractivity contribution in [2.45, 2.75) is 57.4 Å². The Hall–Kier alpha value is -2.08. The summed E-state index contributed by atoms with van der Waals surface area (Å²) < 4.78 is 0. The Morgan fingerprint density at radius 1 is 1.24 bits per heavy atom. The number of thioether (sulfide) groups is 1. The zero-order valence-electron chi connectivity index (χ0n) is 15.0. The van der Waals surface area contributed by atoms with Crippen LogP contribution in [0.1, 0.15) is 41.3 Å². The van der Waals surface area contributed by atoms with E-state index >= 15 is 0 Å². The minimum atomic E-state index is -0.359. The van der Waals surface area contributed by atoms with E-state index in [4.69, 9.17) is 0 Å². The van der Waals surface area contributed by atoms with Crippen molar-refractivity contribution < 1.29 is 4.79 Å². The van der Waals surface area contributed by atoms with Crippen LogP contribution < -0.4 is 10.9 Å². The molecule has 1 heterocycles. The molecule has 132 valence electrons. The second-order valence-corrected chi connectivity index (χ2v) is 8.00. The molecule has 2 aromatic rings. The summed E-state index contributed by atoms with van der Waals surface area (Å²) in [6.07, 6.45) is 2.61. The highest BCUT2D eigenvalue weighted by molar-refractivity contribution is 8.00.